The normalized spacial score (nSPS) is 16.7. The Bertz CT molecular complexity index is 1510. The number of ketones is 1. The number of ether oxygens (including phenoxy) is 3. The minimum absolute atomic E-state index is 0.0509. The SMILES string of the molecule is COc1cccc(OCc2cc([C@@H]3C(C(=O)Nc4ccc(C)cn4)=C(C)NC4=C3C(=O)CCC4)ccc2OC)c1. The lowest BCUT2D eigenvalue weighted by Gasteiger charge is -2.34. The van der Waals surface area contributed by atoms with E-state index in [9.17, 15) is 9.59 Å². The zero-order valence-corrected chi connectivity index (χ0v) is 23.2. The summed E-state index contributed by atoms with van der Waals surface area (Å²) < 4.78 is 17.0. The first-order valence-corrected chi connectivity index (χ1v) is 13.3. The van der Waals surface area contributed by atoms with Crippen LogP contribution in [0.2, 0.25) is 0 Å². The van der Waals surface area contributed by atoms with Crippen LogP contribution in [0.25, 0.3) is 0 Å². The maximum atomic E-state index is 13.8. The van der Waals surface area contributed by atoms with Gasteiger partial charge in [-0.15, -0.1) is 0 Å². The fourth-order valence-electron chi connectivity index (χ4n) is 5.29. The third kappa shape index (κ3) is 5.57. The number of aromatic nitrogens is 1. The number of hydrogen-bond donors (Lipinski definition) is 2. The van der Waals surface area contributed by atoms with Gasteiger partial charge in [-0.3, -0.25) is 9.59 Å². The Morgan fingerprint density at radius 2 is 1.85 bits per heavy atom. The molecule has 2 N–H and O–H groups in total. The number of benzene rings is 2. The number of dihydropyridines is 1. The largest absolute Gasteiger partial charge is 0.497 e. The number of allylic oxidation sites excluding steroid dienone is 3. The van der Waals surface area contributed by atoms with Crippen molar-refractivity contribution in [2.45, 2.75) is 45.6 Å². The van der Waals surface area contributed by atoms with Crippen molar-refractivity contribution in [2.75, 3.05) is 19.5 Å². The summed E-state index contributed by atoms with van der Waals surface area (Å²) in [7, 11) is 3.22. The van der Waals surface area contributed by atoms with Crippen LogP contribution in [0.15, 0.2) is 83.3 Å². The van der Waals surface area contributed by atoms with Crippen molar-refractivity contribution in [1.29, 1.82) is 0 Å². The summed E-state index contributed by atoms with van der Waals surface area (Å²) in [5.41, 5.74) is 5.34. The van der Waals surface area contributed by atoms with E-state index in [1.165, 1.54) is 0 Å². The standard InChI is InChI=1S/C32H33N3O5/c1-19-11-14-28(33-17-19)35-32(37)29-20(2)34-25-9-6-10-26(36)31(25)30(29)21-12-13-27(39-4)22(15-21)18-40-24-8-5-7-23(16-24)38-3/h5,7-8,11-17,30,34H,6,9-10,18H2,1-4H3,(H,33,35,37)/t30-/m1/s1. The lowest BCUT2D eigenvalue weighted by Crippen LogP contribution is -2.35. The lowest BCUT2D eigenvalue weighted by atomic mass is 9.74. The van der Waals surface area contributed by atoms with Crippen molar-refractivity contribution in [1.82, 2.24) is 10.3 Å². The Hall–Kier alpha value is -4.59. The number of pyridine rings is 1. The molecule has 8 nitrogen and oxygen atoms in total. The summed E-state index contributed by atoms with van der Waals surface area (Å²) in [5, 5.41) is 6.30. The van der Waals surface area contributed by atoms with Crippen LogP contribution < -0.4 is 24.8 Å². The Morgan fingerprint density at radius 1 is 1.02 bits per heavy atom. The van der Waals surface area contributed by atoms with Crippen molar-refractivity contribution in [3.63, 3.8) is 0 Å². The van der Waals surface area contributed by atoms with E-state index >= 15 is 0 Å². The molecule has 40 heavy (non-hydrogen) atoms. The number of rotatable bonds is 8. The van der Waals surface area contributed by atoms with Crippen molar-refractivity contribution < 1.29 is 23.8 Å². The second-order valence-electron chi connectivity index (χ2n) is 9.98. The summed E-state index contributed by atoms with van der Waals surface area (Å²) in [6, 6.07) is 16.8. The molecule has 206 valence electrons. The van der Waals surface area contributed by atoms with Crippen LogP contribution in [0.5, 0.6) is 17.2 Å². The number of carbonyl (C=O) groups excluding carboxylic acids is 2. The molecule has 3 aromatic rings. The van der Waals surface area contributed by atoms with E-state index in [-0.39, 0.29) is 18.3 Å². The quantitative estimate of drug-likeness (QED) is 0.385. The second kappa shape index (κ2) is 11.7. The molecular formula is C32H33N3O5. The van der Waals surface area contributed by atoms with Gasteiger partial charge in [-0.1, -0.05) is 18.2 Å². The molecule has 1 aliphatic heterocycles. The summed E-state index contributed by atoms with van der Waals surface area (Å²) in [6.07, 6.45) is 3.69. The van der Waals surface area contributed by atoms with Crippen molar-refractivity contribution in [3.8, 4) is 17.2 Å². The predicted molar refractivity (Wildman–Crippen MR) is 152 cm³/mol. The van der Waals surface area contributed by atoms with Gasteiger partial charge < -0.3 is 24.8 Å². The van der Waals surface area contributed by atoms with Crippen LogP contribution in [0.4, 0.5) is 5.82 Å². The Labute approximate surface area is 234 Å². The molecule has 2 aliphatic rings. The third-order valence-corrected chi connectivity index (χ3v) is 7.25. The minimum Gasteiger partial charge on any atom is -0.497 e. The van der Waals surface area contributed by atoms with E-state index in [0.717, 1.165) is 35.2 Å². The molecule has 8 heteroatoms. The van der Waals surface area contributed by atoms with Gasteiger partial charge in [-0.05, 0) is 68.1 Å². The number of carbonyl (C=O) groups is 2. The maximum Gasteiger partial charge on any atom is 0.255 e. The van der Waals surface area contributed by atoms with Crippen molar-refractivity contribution >= 4 is 17.5 Å². The maximum absolute atomic E-state index is 13.8. The topological polar surface area (TPSA) is 98.8 Å². The molecule has 0 bridgehead atoms. The van der Waals surface area contributed by atoms with Gasteiger partial charge in [-0.2, -0.15) is 0 Å². The van der Waals surface area contributed by atoms with E-state index in [1.54, 1.807) is 26.5 Å². The average Bonchev–Trinajstić information content (AvgIpc) is 2.96. The highest BCUT2D eigenvalue weighted by molar-refractivity contribution is 6.09. The molecule has 0 unspecified atom stereocenters. The summed E-state index contributed by atoms with van der Waals surface area (Å²) >= 11 is 0. The number of nitrogens with one attached hydrogen (secondary N) is 2. The summed E-state index contributed by atoms with van der Waals surface area (Å²) in [4.78, 5) is 31.4. The molecule has 0 saturated heterocycles. The zero-order valence-electron chi connectivity index (χ0n) is 23.2. The van der Waals surface area contributed by atoms with Gasteiger partial charge in [0.15, 0.2) is 5.78 Å². The number of amides is 1. The van der Waals surface area contributed by atoms with Crippen molar-refractivity contribution in [2.24, 2.45) is 0 Å². The number of methoxy groups -OCH3 is 2. The lowest BCUT2D eigenvalue weighted by molar-refractivity contribution is -0.116. The van der Waals surface area contributed by atoms with Gasteiger partial charge in [0, 0.05) is 52.7 Å². The molecule has 5 rings (SSSR count). The van der Waals surface area contributed by atoms with Crippen LogP contribution in [0.3, 0.4) is 0 Å². The predicted octanol–water partition coefficient (Wildman–Crippen LogP) is 5.59. The first-order chi connectivity index (χ1) is 19.4. The van der Waals surface area contributed by atoms with E-state index in [2.05, 4.69) is 15.6 Å². The summed E-state index contributed by atoms with van der Waals surface area (Å²) in [5.74, 6) is 1.66. The molecule has 2 aromatic carbocycles. The number of hydrogen-bond acceptors (Lipinski definition) is 7. The third-order valence-electron chi connectivity index (χ3n) is 7.25. The molecule has 2 heterocycles. The average molecular weight is 540 g/mol. The molecule has 1 atom stereocenters. The molecule has 1 aliphatic carbocycles. The Kier molecular flexibility index (Phi) is 7.86. The molecule has 0 fully saturated rings. The molecular weight excluding hydrogens is 506 g/mol. The fraction of sp³-hybridized carbons (Fsp3) is 0.281. The number of Topliss-reactive ketones (excluding diaryl/α,β-unsaturated/α-hetero) is 1. The zero-order chi connectivity index (χ0) is 28.2. The monoisotopic (exact) mass is 539 g/mol. The molecule has 0 saturated carbocycles. The molecule has 0 radical (unpaired) electrons. The van der Waals surface area contributed by atoms with Crippen LogP contribution in [-0.4, -0.2) is 30.9 Å². The Balaban J connectivity index is 1.53. The van der Waals surface area contributed by atoms with E-state index in [1.807, 2.05) is 62.4 Å². The molecule has 1 amide bonds. The number of aryl methyl sites for hydroxylation is 1. The van der Waals surface area contributed by atoms with Crippen LogP contribution in [-0.2, 0) is 16.2 Å². The van der Waals surface area contributed by atoms with Gasteiger partial charge in [-0.25, -0.2) is 4.98 Å². The Morgan fingerprint density at radius 3 is 2.60 bits per heavy atom. The van der Waals surface area contributed by atoms with E-state index in [0.29, 0.717) is 46.3 Å². The smallest absolute Gasteiger partial charge is 0.255 e. The fourth-order valence-corrected chi connectivity index (χ4v) is 5.29. The van der Waals surface area contributed by atoms with E-state index in [4.69, 9.17) is 14.2 Å². The minimum atomic E-state index is -0.545. The van der Waals surface area contributed by atoms with Crippen molar-refractivity contribution in [3.05, 3.63) is 100 Å². The number of nitrogens with zero attached hydrogens (tertiary/aromatic N) is 1. The van der Waals surface area contributed by atoms with Crippen LogP contribution in [0.1, 0.15) is 48.8 Å². The summed E-state index contributed by atoms with van der Waals surface area (Å²) in [6.45, 7) is 4.05. The van der Waals surface area contributed by atoms with Crippen LogP contribution >= 0.6 is 0 Å². The van der Waals surface area contributed by atoms with Gasteiger partial charge in [0.05, 0.1) is 14.2 Å². The number of anilines is 1. The molecule has 0 spiro atoms. The van der Waals surface area contributed by atoms with E-state index < -0.39 is 5.92 Å². The highest BCUT2D eigenvalue weighted by atomic mass is 16.5. The van der Waals surface area contributed by atoms with Gasteiger partial charge in [0.1, 0.15) is 29.7 Å². The first-order valence-electron chi connectivity index (χ1n) is 13.3. The highest BCUT2D eigenvalue weighted by Gasteiger charge is 2.38. The highest BCUT2D eigenvalue weighted by Crippen LogP contribution is 2.43. The molecule has 1 aromatic heterocycles. The first kappa shape index (κ1) is 27.0. The van der Waals surface area contributed by atoms with Gasteiger partial charge in [0.2, 0.25) is 0 Å². The van der Waals surface area contributed by atoms with Gasteiger partial charge >= 0.3 is 0 Å². The van der Waals surface area contributed by atoms with Gasteiger partial charge in [0.25, 0.3) is 5.91 Å². The van der Waals surface area contributed by atoms with Crippen LogP contribution in [0, 0.1) is 6.92 Å². The second-order valence-corrected chi connectivity index (χ2v) is 9.98.